The van der Waals surface area contributed by atoms with E-state index in [1.165, 1.54) is 0 Å². The zero-order valence-electron chi connectivity index (χ0n) is 13.1. The average Bonchev–Trinajstić information content (AvgIpc) is 2.96. The summed E-state index contributed by atoms with van der Waals surface area (Å²) >= 11 is 0. The Morgan fingerprint density at radius 3 is 2.73 bits per heavy atom. The van der Waals surface area contributed by atoms with Gasteiger partial charge in [-0.2, -0.15) is 0 Å². The molecule has 0 aliphatic carbocycles. The second-order valence-corrected chi connectivity index (χ2v) is 5.48. The van der Waals surface area contributed by atoms with Gasteiger partial charge in [0.25, 0.3) is 5.91 Å². The highest BCUT2D eigenvalue weighted by Crippen LogP contribution is 2.37. The first-order chi connectivity index (χ1) is 10.6. The van der Waals surface area contributed by atoms with Crippen molar-refractivity contribution in [1.29, 1.82) is 0 Å². The minimum absolute atomic E-state index is 0.0127. The van der Waals surface area contributed by atoms with Crippen LogP contribution in [0.25, 0.3) is 11.6 Å². The van der Waals surface area contributed by atoms with Crippen molar-refractivity contribution in [2.24, 2.45) is 0 Å². The van der Waals surface area contributed by atoms with Gasteiger partial charge in [0.05, 0.1) is 11.3 Å². The number of nitrogens with one attached hydrogen (secondary N) is 1. The van der Waals surface area contributed by atoms with E-state index in [0.717, 1.165) is 28.2 Å². The van der Waals surface area contributed by atoms with Gasteiger partial charge in [0.2, 0.25) is 0 Å². The molecule has 0 fully saturated rings. The molecule has 0 radical (unpaired) electrons. The number of carbonyl (C=O) groups is 1. The summed E-state index contributed by atoms with van der Waals surface area (Å²) in [5.74, 6) is -0.0127. The molecule has 0 saturated carbocycles. The number of aromatic amines is 1. The van der Waals surface area contributed by atoms with Crippen molar-refractivity contribution in [3.8, 4) is 0 Å². The van der Waals surface area contributed by atoms with E-state index in [-0.39, 0.29) is 12.6 Å². The maximum Gasteiger partial charge on any atom is 0.260 e. The van der Waals surface area contributed by atoms with E-state index in [9.17, 15) is 4.79 Å². The summed E-state index contributed by atoms with van der Waals surface area (Å²) in [4.78, 5) is 17.7. The molecule has 3 rings (SSSR count). The Bertz CT molecular complexity index is 743. The quantitative estimate of drug-likeness (QED) is 0.878. The fourth-order valence-corrected chi connectivity index (χ4v) is 2.80. The van der Waals surface area contributed by atoms with Gasteiger partial charge in [-0.3, -0.25) is 9.69 Å². The highest BCUT2D eigenvalue weighted by Gasteiger charge is 2.32. The Balaban J connectivity index is 2.05. The number of H-pyrrole nitrogens is 1. The van der Waals surface area contributed by atoms with Crippen molar-refractivity contribution >= 4 is 23.2 Å². The summed E-state index contributed by atoms with van der Waals surface area (Å²) in [6.45, 7) is 6.85. The van der Waals surface area contributed by atoms with Crippen LogP contribution in [0.2, 0.25) is 0 Å². The SMILES string of the molecule is CCOCN1C(=O)/C(=C\c2[nH]c(C)cc2C)c2ccccc21. The first-order valence-corrected chi connectivity index (χ1v) is 7.48. The molecule has 4 heteroatoms. The van der Waals surface area contributed by atoms with Crippen LogP contribution in [0.5, 0.6) is 0 Å². The average molecular weight is 296 g/mol. The van der Waals surface area contributed by atoms with Crippen molar-refractivity contribution in [1.82, 2.24) is 4.98 Å². The third-order valence-corrected chi connectivity index (χ3v) is 3.86. The predicted octanol–water partition coefficient (Wildman–Crippen LogP) is 3.51. The minimum Gasteiger partial charge on any atom is -0.361 e. The number of amides is 1. The number of hydrogen-bond acceptors (Lipinski definition) is 2. The molecular weight excluding hydrogens is 276 g/mol. The smallest absolute Gasteiger partial charge is 0.260 e. The fraction of sp³-hybridized carbons (Fsp3) is 0.278. The van der Waals surface area contributed by atoms with E-state index in [2.05, 4.69) is 11.1 Å². The lowest BCUT2D eigenvalue weighted by Crippen LogP contribution is -2.29. The molecule has 0 atom stereocenters. The molecular formula is C18H20N2O2. The van der Waals surface area contributed by atoms with E-state index >= 15 is 0 Å². The highest BCUT2D eigenvalue weighted by atomic mass is 16.5. The molecule has 1 N–H and O–H groups in total. The van der Waals surface area contributed by atoms with Crippen LogP contribution in [0.1, 0.15) is 29.4 Å². The topological polar surface area (TPSA) is 45.3 Å². The summed E-state index contributed by atoms with van der Waals surface area (Å²) in [7, 11) is 0. The summed E-state index contributed by atoms with van der Waals surface area (Å²) in [6, 6.07) is 9.92. The Morgan fingerprint density at radius 1 is 1.27 bits per heavy atom. The van der Waals surface area contributed by atoms with Crippen LogP contribution in [-0.4, -0.2) is 24.2 Å². The molecule has 1 aromatic carbocycles. The lowest BCUT2D eigenvalue weighted by Gasteiger charge is -2.16. The van der Waals surface area contributed by atoms with Gasteiger partial charge in [-0.1, -0.05) is 18.2 Å². The molecule has 0 bridgehead atoms. The molecule has 1 aromatic heterocycles. The van der Waals surface area contributed by atoms with Crippen LogP contribution in [0.4, 0.5) is 5.69 Å². The van der Waals surface area contributed by atoms with Crippen molar-refractivity contribution < 1.29 is 9.53 Å². The Hall–Kier alpha value is -2.33. The van der Waals surface area contributed by atoms with Crippen LogP contribution in [-0.2, 0) is 9.53 Å². The summed E-state index contributed by atoms with van der Waals surface area (Å²) in [6.07, 6.45) is 1.94. The van der Waals surface area contributed by atoms with E-state index in [1.807, 2.05) is 51.1 Å². The highest BCUT2D eigenvalue weighted by molar-refractivity contribution is 6.35. The van der Waals surface area contributed by atoms with Gasteiger partial charge in [-0.15, -0.1) is 0 Å². The lowest BCUT2D eigenvalue weighted by molar-refractivity contribution is -0.114. The standard InChI is InChI=1S/C18H20N2O2/c1-4-22-11-20-17-8-6-5-7-14(17)15(18(20)21)10-16-12(2)9-13(3)19-16/h5-10,19H,4,11H2,1-3H3/b15-10-. The van der Waals surface area contributed by atoms with Crippen LogP contribution in [0.3, 0.4) is 0 Å². The van der Waals surface area contributed by atoms with Crippen LogP contribution in [0.15, 0.2) is 30.3 Å². The monoisotopic (exact) mass is 296 g/mol. The molecule has 1 aliphatic heterocycles. The minimum atomic E-state index is -0.0127. The molecule has 2 aromatic rings. The number of fused-ring (bicyclic) bond motifs is 1. The number of anilines is 1. The van der Waals surface area contributed by atoms with Crippen molar-refractivity contribution in [3.05, 3.63) is 52.8 Å². The first-order valence-electron chi connectivity index (χ1n) is 7.48. The van der Waals surface area contributed by atoms with Gasteiger partial charge in [-0.25, -0.2) is 0 Å². The second kappa shape index (κ2) is 5.81. The van der Waals surface area contributed by atoms with Gasteiger partial charge in [0, 0.05) is 23.6 Å². The summed E-state index contributed by atoms with van der Waals surface area (Å²) in [5, 5.41) is 0. The summed E-state index contributed by atoms with van der Waals surface area (Å²) < 4.78 is 5.44. The fourth-order valence-electron chi connectivity index (χ4n) is 2.80. The summed E-state index contributed by atoms with van der Waals surface area (Å²) in [5.41, 5.74) is 5.79. The number of ether oxygens (including phenoxy) is 1. The normalized spacial score (nSPS) is 15.7. The van der Waals surface area contributed by atoms with Gasteiger partial charge in [0.15, 0.2) is 0 Å². The third-order valence-electron chi connectivity index (χ3n) is 3.86. The number of benzene rings is 1. The predicted molar refractivity (Wildman–Crippen MR) is 88.6 cm³/mol. The number of hydrogen-bond donors (Lipinski definition) is 1. The van der Waals surface area contributed by atoms with Crippen LogP contribution in [0, 0.1) is 13.8 Å². The van der Waals surface area contributed by atoms with E-state index in [0.29, 0.717) is 12.2 Å². The molecule has 22 heavy (non-hydrogen) atoms. The number of rotatable bonds is 4. The largest absolute Gasteiger partial charge is 0.361 e. The third kappa shape index (κ3) is 2.46. The second-order valence-electron chi connectivity index (χ2n) is 5.48. The number of aryl methyl sites for hydroxylation is 2. The van der Waals surface area contributed by atoms with Crippen molar-refractivity contribution in [2.75, 3.05) is 18.2 Å². The lowest BCUT2D eigenvalue weighted by atomic mass is 10.1. The molecule has 4 nitrogen and oxygen atoms in total. The van der Waals surface area contributed by atoms with E-state index in [1.54, 1.807) is 4.90 Å². The Morgan fingerprint density at radius 2 is 2.05 bits per heavy atom. The van der Waals surface area contributed by atoms with Crippen LogP contribution >= 0.6 is 0 Å². The molecule has 0 unspecified atom stereocenters. The van der Waals surface area contributed by atoms with E-state index < -0.39 is 0 Å². The molecule has 0 spiro atoms. The first kappa shape index (κ1) is 14.6. The molecule has 114 valence electrons. The van der Waals surface area contributed by atoms with Crippen molar-refractivity contribution in [3.63, 3.8) is 0 Å². The Kier molecular flexibility index (Phi) is 3.86. The number of carbonyl (C=O) groups excluding carboxylic acids is 1. The zero-order valence-corrected chi connectivity index (χ0v) is 13.1. The molecule has 2 heterocycles. The molecule has 1 aliphatic rings. The Labute approximate surface area is 130 Å². The molecule has 1 amide bonds. The maximum absolute atomic E-state index is 12.8. The number of aromatic nitrogens is 1. The maximum atomic E-state index is 12.8. The van der Waals surface area contributed by atoms with Gasteiger partial charge < -0.3 is 9.72 Å². The van der Waals surface area contributed by atoms with Gasteiger partial charge >= 0.3 is 0 Å². The zero-order chi connectivity index (χ0) is 15.7. The molecule has 0 saturated heterocycles. The van der Waals surface area contributed by atoms with Crippen LogP contribution < -0.4 is 4.90 Å². The van der Waals surface area contributed by atoms with E-state index in [4.69, 9.17) is 4.74 Å². The van der Waals surface area contributed by atoms with Gasteiger partial charge in [-0.05, 0) is 44.5 Å². The van der Waals surface area contributed by atoms with Crippen molar-refractivity contribution in [2.45, 2.75) is 20.8 Å². The number of para-hydroxylation sites is 1. The number of nitrogens with zero attached hydrogens (tertiary/aromatic N) is 1. The van der Waals surface area contributed by atoms with Gasteiger partial charge in [0.1, 0.15) is 6.73 Å².